The van der Waals surface area contributed by atoms with Crippen LogP contribution in [0.4, 0.5) is 11.4 Å². The van der Waals surface area contributed by atoms with Crippen LogP contribution in [0, 0.1) is 10.1 Å². The van der Waals surface area contributed by atoms with Crippen molar-refractivity contribution in [3.05, 3.63) is 28.3 Å². The molecule has 1 N–H and O–H groups in total. The molecule has 0 aromatic heterocycles. The minimum atomic E-state index is -0.534. The summed E-state index contributed by atoms with van der Waals surface area (Å²) in [6, 6.07) is 4.27. The Kier molecular flexibility index (Phi) is 4.91. The number of methoxy groups -OCH3 is 1. The largest absolute Gasteiger partial charge is 0.490 e. The topological polar surface area (TPSA) is 90.7 Å². The first-order valence-electron chi connectivity index (χ1n) is 5.30. The number of rotatable bonds is 6. The molecule has 0 unspecified atom stereocenters. The maximum atomic E-state index is 11.1. The lowest BCUT2D eigenvalue weighted by Crippen LogP contribution is -2.16. The van der Waals surface area contributed by atoms with Gasteiger partial charge in [-0.1, -0.05) is 0 Å². The number of benzene rings is 1. The van der Waals surface area contributed by atoms with Crippen LogP contribution in [0.15, 0.2) is 18.2 Å². The number of ether oxygens (including phenoxy) is 2. The number of esters is 1. The van der Waals surface area contributed by atoms with Crippen molar-refractivity contribution in [1.82, 2.24) is 0 Å². The van der Waals surface area contributed by atoms with Gasteiger partial charge in [-0.3, -0.25) is 14.9 Å². The van der Waals surface area contributed by atoms with Crippen LogP contribution in [0.1, 0.15) is 6.92 Å². The first kappa shape index (κ1) is 13.8. The van der Waals surface area contributed by atoms with Crippen molar-refractivity contribution < 1.29 is 19.2 Å². The molecule has 0 saturated carbocycles. The second kappa shape index (κ2) is 6.43. The maximum absolute atomic E-state index is 11.1. The van der Waals surface area contributed by atoms with Gasteiger partial charge in [-0.05, 0) is 13.0 Å². The number of nitro groups is 1. The molecule has 1 rings (SSSR count). The molecule has 0 atom stereocenters. The number of carbonyl (C=O) groups is 1. The molecule has 1 aromatic rings. The Bertz CT molecular complexity index is 447. The molecule has 7 nitrogen and oxygen atoms in total. The molecule has 0 heterocycles. The summed E-state index contributed by atoms with van der Waals surface area (Å²) in [5, 5.41) is 13.5. The van der Waals surface area contributed by atoms with Gasteiger partial charge in [-0.25, -0.2) is 0 Å². The van der Waals surface area contributed by atoms with E-state index < -0.39 is 10.9 Å². The van der Waals surface area contributed by atoms with Crippen LogP contribution >= 0.6 is 0 Å². The van der Waals surface area contributed by atoms with E-state index in [1.54, 1.807) is 6.92 Å². The Morgan fingerprint density at radius 3 is 2.78 bits per heavy atom. The predicted molar refractivity (Wildman–Crippen MR) is 64.8 cm³/mol. The van der Waals surface area contributed by atoms with E-state index in [9.17, 15) is 14.9 Å². The first-order valence-corrected chi connectivity index (χ1v) is 5.30. The van der Waals surface area contributed by atoms with Gasteiger partial charge >= 0.3 is 11.7 Å². The Hall–Kier alpha value is -2.31. The fraction of sp³-hybridized carbons (Fsp3) is 0.364. The number of carbonyl (C=O) groups excluding carboxylic acids is 1. The predicted octanol–water partition coefficient (Wildman–Crippen LogP) is 1.58. The molecule has 0 bridgehead atoms. The molecule has 0 fully saturated rings. The van der Waals surface area contributed by atoms with E-state index in [0.717, 1.165) is 0 Å². The fourth-order valence-corrected chi connectivity index (χ4v) is 1.32. The molecule has 0 spiro atoms. The van der Waals surface area contributed by atoms with Crippen LogP contribution in [0.25, 0.3) is 0 Å². The van der Waals surface area contributed by atoms with E-state index in [1.165, 1.54) is 25.3 Å². The minimum Gasteiger partial charge on any atom is -0.490 e. The molecule has 0 saturated heterocycles. The zero-order valence-electron chi connectivity index (χ0n) is 10.1. The lowest BCUT2D eigenvalue weighted by molar-refractivity contribution is -0.385. The SMILES string of the molecule is CCOC(=O)CNc1ccc([N+](=O)[O-])c(OC)c1. The van der Waals surface area contributed by atoms with Crippen LogP contribution < -0.4 is 10.1 Å². The molecule has 0 radical (unpaired) electrons. The van der Waals surface area contributed by atoms with Gasteiger partial charge in [0.05, 0.1) is 18.6 Å². The minimum absolute atomic E-state index is 0.00515. The molecule has 7 heteroatoms. The van der Waals surface area contributed by atoms with Crippen LogP contribution in [0.2, 0.25) is 0 Å². The maximum Gasteiger partial charge on any atom is 0.325 e. The first-order chi connectivity index (χ1) is 8.58. The van der Waals surface area contributed by atoms with E-state index in [0.29, 0.717) is 12.3 Å². The van der Waals surface area contributed by atoms with E-state index in [1.807, 2.05) is 0 Å². The lowest BCUT2D eigenvalue weighted by Gasteiger charge is -2.08. The fourth-order valence-electron chi connectivity index (χ4n) is 1.32. The van der Waals surface area contributed by atoms with Gasteiger partial charge in [0.15, 0.2) is 5.75 Å². The van der Waals surface area contributed by atoms with Crippen molar-refractivity contribution in [2.75, 3.05) is 25.6 Å². The van der Waals surface area contributed by atoms with Crippen LogP contribution in [0.5, 0.6) is 5.75 Å². The summed E-state index contributed by atoms with van der Waals surface area (Å²) in [6.45, 7) is 2.02. The quantitative estimate of drug-likeness (QED) is 0.471. The summed E-state index contributed by atoms with van der Waals surface area (Å²) < 4.78 is 9.64. The van der Waals surface area contributed by atoms with Gasteiger partial charge in [-0.15, -0.1) is 0 Å². The number of nitrogens with zero attached hydrogens (tertiary/aromatic N) is 1. The van der Waals surface area contributed by atoms with Crippen LogP contribution in [-0.4, -0.2) is 31.2 Å². The van der Waals surface area contributed by atoms with Crippen molar-refractivity contribution in [3.63, 3.8) is 0 Å². The van der Waals surface area contributed by atoms with Gasteiger partial charge in [0.2, 0.25) is 0 Å². The number of nitrogens with one attached hydrogen (secondary N) is 1. The van der Waals surface area contributed by atoms with Crippen molar-refractivity contribution in [2.45, 2.75) is 6.92 Å². The van der Waals surface area contributed by atoms with Gasteiger partial charge in [-0.2, -0.15) is 0 Å². The normalized spacial score (nSPS) is 9.67. The molecular weight excluding hydrogens is 240 g/mol. The molecule has 0 aliphatic heterocycles. The monoisotopic (exact) mass is 254 g/mol. The molecule has 18 heavy (non-hydrogen) atoms. The summed E-state index contributed by atoms with van der Waals surface area (Å²) in [4.78, 5) is 21.3. The third-order valence-corrected chi connectivity index (χ3v) is 2.12. The van der Waals surface area contributed by atoms with Gasteiger partial charge in [0.25, 0.3) is 0 Å². The van der Waals surface area contributed by atoms with Crippen molar-refractivity contribution in [3.8, 4) is 5.75 Å². The van der Waals surface area contributed by atoms with Crippen LogP contribution in [0.3, 0.4) is 0 Å². The zero-order chi connectivity index (χ0) is 13.5. The van der Waals surface area contributed by atoms with E-state index in [4.69, 9.17) is 9.47 Å². The molecular formula is C11H14N2O5. The van der Waals surface area contributed by atoms with Gasteiger partial charge < -0.3 is 14.8 Å². The third kappa shape index (κ3) is 3.62. The smallest absolute Gasteiger partial charge is 0.325 e. The summed E-state index contributed by atoms with van der Waals surface area (Å²) in [5.74, 6) is -0.260. The number of hydrogen-bond acceptors (Lipinski definition) is 6. The molecule has 98 valence electrons. The Balaban J connectivity index is 2.74. The molecule has 1 aromatic carbocycles. The summed E-state index contributed by atoms with van der Waals surface area (Å²) >= 11 is 0. The highest BCUT2D eigenvalue weighted by atomic mass is 16.6. The highest BCUT2D eigenvalue weighted by Gasteiger charge is 2.14. The Morgan fingerprint density at radius 1 is 1.50 bits per heavy atom. The number of anilines is 1. The molecule has 0 aliphatic carbocycles. The van der Waals surface area contributed by atoms with Crippen LogP contribution in [-0.2, 0) is 9.53 Å². The van der Waals surface area contributed by atoms with Gasteiger partial charge in [0.1, 0.15) is 6.54 Å². The van der Waals surface area contributed by atoms with Crippen molar-refractivity contribution in [2.24, 2.45) is 0 Å². The number of hydrogen-bond donors (Lipinski definition) is 1. The Labute approximate surface area is 104 Å². The molecule has 0 amide bonds. The van der Waals surface area contributed by atoms with E-state index >= 15 is 0 Å². The zero-order valence-corrected chi connectivity index (χ0v) is 10.1. The van der Waals surface area contributed by atoms with Gasteiger partial charge in [0, 0.05) is 17.8 Å². The summed E-state index contributed by atoms with van der Waals surface area (Å²) in [7, 11) is 1.34. The summed E-state index contributed by atoms with van der Waals surface area (Å²) in [5.41, 5.74) is 0.421. The average Bonchev–Trinajstić information content (AvgIpc) is 2.36. The third-order valence-electron chi connectivity index (χ3n) is 2.12. The highest BCUT2D eigenvalue weighted by molar-refractivity contribution is 5.75. The lowest BCUT2D eigenvalue weighted by atomic mass is 10.2. The number of nitro benzene ring substituents is 1. The second-order valence-electron chi connectivity index (χ2n) is 3.30. The summed E-state index contributed by atoms with van der Waals surface area (Å²) in [6.07, 6.45) is 0. The second-order valence-corrected chi connectivity index (χ2v) is 3.30. The van der Waals surface area contributed by atoms with E-state index in [-0.39, 0.29) is 18.0 Å². The standard InChI is InChI=1S/C11H14N2O5/c1-3-18-11(14)7-12-8-4-5-9(13(15)16)10(6-8)17-2/h4-6,12H,3,7H2,1-2H3. The molecule has 0 aliphatic rings. The van der Waals surface area contributed by atoms with E-state index in [2.05, 4.69) is 5.32 Å². The Morgan fingerprint density at radius 2 is 2.22 bits per heavy atom. The van der Waals surface area contributed by atoms with Crippen molar-refractivity contribution in [1.29, 1.82) is 0 Å². The highest BCUT2D eigenvalue weighted by Crippen LogP contribution is 2.29. The average molecular weight is 254 g/mol. The van der Waals surface area contributed by atoms with Crippen molar-refractivity contribution >= 4 is 17.3 Å².